The number of nitrogens with one attached hydrogen (secondary N) is 2. The average Bonchev–Trinajstić information content (AvgIpc) is 2.48. The molecule has 0 fully saturated rings. The lowest BCUT2D eigenvalue weighted by molar-refractivity contribution is -0.115. The number of carbonyl (C=O) groups excluding carboxylic acids is 2. The van der Waals surface area contributed by atoms with Gasteiger partial charge in [-0.2, -0.15) is 0 Å². The van der Waals surface area contributed by atoms with Crippen LogP contribution >= 0.6 is 11.6 Å². The molecule has 0 aliphatic carbocycles. The summed E-state index contributed by atoms with van der Waals surface area (Å²) in [4.78, 5) is 23.4. The van der Waals surface area contributed by atoms with E-state index in [1.807, 2.05) is 0 Å². The zero-order chi connectivity index (χ0) is 15.2. The van der Waals surface area contributed by atoms with E-state index in [4.69, 9.17) is 11.6 Å². The quantitative estimate of drug-likeness (QED) is 0.898. The fraction of sp³-hybridized carbons (Fsp3) is 0.125. The Morgan fingerprint density at radius 3 is 2.24 bits per heavy atom. The fourth-order valence-electron chi connectivity index (χ4n) is 1.73. The van der Waals surface area contributed by atoms with Crippen LogP contribution < -0.4 is 10.6 Å². The number of amides is 2. The summed E-state index contributed by atoms with van der Waals surface area (Å²) in [5.41, 5.74) is 1.78. The fourth-order valence-corrected chi connectivity index (χ4v) is 1.85. The van der Waals surface area contributed by atoms with Crippen LogP contribution in [0.3, 0.4) is 0 Å². The van der Waals surface area contributed by atoms with Crippen molar-refractivity contribution in [1.82, 2.24) is 0 Å². The zero-order valence-corrected chi connectivity index (χ0v) is 12.3. The van der Waals surface area contributed by atoms with Crippen molar-refractivity contribution >= 4 is 34.8 Å². The van der Waals surface area contributed by atoms with Crippen LogP contribution in [0.15, 0.2) is 48.5 Å². The monoisotopic (exact) mass is 302 g/mol. The SMILES string of the molecule is CCC(=O)Nc1cccc(NC(=O)c2ccc(Cl)cc2)c1. The molecule has 2 rings (SSSR count). The van der Waals surface area contributed by atoms with E-state index in [0.29, 0.717) is 28.4 Å². The Morgan fingerprint density at radius 1 is 1.00 bits per heavy atom. The van der Waals surface area contributed by atoms with Gasteiger partial charge in [-0.3, -0.25) is 9.59 Å². The second-order valence-corrected chi connectivity index (χ2v) is 4.88. The van der Waals surface area contributed by atoms with Crippen LogP contribution in [0, 0.1) is 0 Å². The second kappa shape index (κ2) is 6.90. The van der Waals surface area contributed by atoms with Gasteiger partial charge in [0, 0.05) is 28.4 Å². The molecule has 0 unspecified atom stereocenters. The minimum atomic E-state index is -0.231. The van der Waals surface area contributed by atoms with Crippen LogP contribution in [-0.4, -0.2) is 11.8 Å². The number of anilines is 2. The van der Waals surface area contributed by atoms with Gasteiger partial charge < -0.3 is 10.6 Å². The summed E-state index contributed by atoms with van der Waals surface area (Å²) >= 11 is 5.79. The molecular weight excluding hydrogens is 288 g/mol. The molecule has 4 nitrogen and oxygen atoms in total. The van der Waals surface area contributed by atoms with Crippen molar-refractivity contribution in [3.8, 4) is 0 Å². The van der Waals surface area contributed by atoms with Gasteiger partial charge in [-0.15, -0.1) is 0 Å². The first kappa shape index (κ1) is 15.1. The lowest BCUT2D eigenvalue weighted by atomic mass is 10.2. The molecule has 0 aliphatic heterocycles. The minimum Gasteiger partial charge on any atom is -0.326 e. The standard InChI is InChI=1S/C16H15ClN2O2/c1-2-15(20)18-13-4-3-5-14(10-13)19-16(21)11-6-8-12(17)9-7-11/h3-10H,2H2,1H3,(H,18,20)(H,19,21). The van der Waals surface area contributed by atoms with Crippen LogP contribution in [0.25, 0.3) is 0 Å². The van der Waals surface area contributed by atoms with Gasteiger partial charge in [0.1, 0.15) is 0 Å². The Kier molecular flexibility index (Phi) is 4.95. The van der Waals surface area contributed by atoms with Crippen molar-refractivity contribution in [2.24, 2.45) is 0 Å². The molecule has 2 amide bonds. The summed E-state index contributed by atoms with van der Waals surface area (Å²) in [6.45, 7) is 1.78. The molecule has 2 N–H and O–H groups in total. The van der Waals surface area contributed by atoms with E-state index in [0.717, 1.165) is 0 Å². The number of rotatable bonds is 4. The van der Waals surface area contributed by atoms with E-state index in [-0.39, 0.29) is 11.8 Å². The molecule has 0 atom stereocenters. The van der Waals surface area contributed by atoms with Crippen LogP contribution in [0.5, 0.6) is 0 Å². The molecule has 0 aliphatic rings. The number of hydrogen-bond donors (Lipinski definition) is 2. The Hall–Kier alpha value is -2.33. The highest BCUT2D eigenvalue weighted by molar-refractivity contribution is 6.30. The lowest BCUT2D eigenvalue weighted by Gasteiger charge is -2.08. The summed E-state index contributed by atoms with van der Waals surface area (Å²) < 4.78 is 0. The van der Waals surface area contributed by atoms with Crippen molar-refractivity contribution < 1.29 is 9.59 Å². The smallest absolute Gasteiger partial charge is 0.255 e. The predicted octanol–water partition coefficient (Wildman–Crippen LogP) is 3.94. The molecule has 0 radical (unpaired) electrons. The van der Waals surface area contributed by atoms with Gasteiger partial charge in [-0.25, -0.2) is 0 Å². The largest absolute Gasteiger partial charge is 0.326 e. The van der Waals surface area contributed by atoms with Gasteiger partial charge in [0.15, 0.2) is 0 Å². The van der Waals surface area contributed by atoms with E-state index in [9.17, 15) is 9.59 Å². The molecule has 0 spiro atoms. The van der Waals surface area contributed by atoms with Gasteiger partial charge in [-0.05, 0) is 42.5 Å². The van der Waals surface area contributed by atoms with E-state index >= 15 is 0 Å². The molecule has 5 heteroatoms. The number of benzene rings is 2. The minimum absolute atomic E-state index is 0.0730. The Labute approximate surface area is 128 Å². The molecule has 2 aromatic carbocycles. The van der Waals surface area contributed by atoms with Gasteiger partial charge in [-0.1, -0.05) is 24.6 Å². The third-order valence-electron chi connectivity index (χ3n) is 2.83. The number of hydrogen-bond acceptors (Lipinski definition) is 2. The van der Waals surface area contributed by atoms with Gasteiger partial charge in [0.25, 0.3) is 5.91 Å². The topological polar surface area (TPSA) is 58.2 Å². The maximum absolute atomic E-state index is 12.1. The predicted molar refractivity (Wildman–Crippen MR) is 84.8 cm³/mol. The molecule has 2 aromatic rings. The van der Waals surface area contributed by atoms with Crippen molar-refractivity contribution in [2.75, 3.05) is 10.6 Å². The molecule has 21 heavy (non-hydrogen) atoms. The molecule has 0 heterocycles. The molecule has 0 bridgehead atoms. The third kappa shape index (κ3) is 4.33. The first-order valence-corrected chi connectivity index (χ1v) is 6.93. The van der Waals surface area contributed by atoms with E-state index in [1.54, 1.807) is 55.5 Å². The highest BCUT2D eigenvalue weighted by Gasteiger charge is 2.06. The average molecular weight is 303 g/mol. The highest BCUT2D eigenvalue weighted by atomic mass is 35.5. The van der Waals surface area contributed by atoms with E-state index in [2.05, 4.69) is 10.6 Å². The highest BCUT2D eigenvalue weighted by Crippen LogP contribution is 2.17. The number of carbonyl (C=O) groups is 2. The van der Waals surface area contributed by atoms with Crippen molar-refractivity contribution in [3.63, 3.8) is 0 Å². The maximum atomic E-state index is 12.1. The second-order valence-electron chi connectivity index (χ2n) is 4.44. The first-order chi connectivity index (χ1) is 10.1. The third-order valence-corrected chi connectivity index (χ3v) is 3.08. The molecule has 108 valence electrons. The van der Waals surface area contributed by atoms with Gasteiger partial charge in [0.05, 0.1) is 0 Å². The van der Waals surface area contributed by atoms with Crippen LogP contribution in [0.2, 0.25) is 5.02 Å². The Bertz CT molecular complexity index is 654. The van der Waals surface area contributed by atoms with Crippen LogP contribution in [0.1, 0.15) is 23.7 Å². The lowest BCUT2D eigenvalue weighted by Crippen LogP contribution is -2.13. The molecule has 0 saturated carbocycles. The summed E-state index contributed by atoms with van der Waals surface area (Å²) in [7, 11) is 0. The van der Waals surface area contributed by atoms with Crippen LogP contribution in [0.4, 0.5) is 11.4 Å². The van der Waals surface area contributed by atoms with Crippen LogP contribution in [-0.2, 0) is 4.79 Å². The zero-order valence-electron chi connectivity index (χ0n) is 11.5. The van der Waals surface area contributed by atoms with Gasteiger partial charge >= 0.3 is 0 Å². The Balaban J connectivity index is 2.08. The van der Waals surface area contributed by atoms with Crippen molar-refractivity contribution in [3.05, 3.63) is 59.1 Å². The van der Waals surface area contributed by atoms with Crippen molar-refractivity contribution in [1.29, 1.82) is 0 Å². The summed E-state index contributed by atoms with van der Waals surface area (Å²) in [5.74, 6) is -0.304. The van der Waals surface area contributed by atoms with Crippen molar-refractivity contribution in [2.45, 2.75) is 13.3 Å². The summed E-state index contributed by atoms with van der Waals surface area (Å²) in [6, 6.07) is 13.6. The maximum Gasteiger partial charge on any atom is 0.255 e. The van der Waals surface area contributed by atoms with E-state index < -0.39 is 0 Å². The first-order valence-electron chi connectivity index (χ1n) is 6.55. The number of halogens is 1. The van der Waals surface area contributed by atoms with E-state index in [1.165, 1.54) is 0 Å². The molecule has 0 saturated heterocycles. The normalized spacial score (nSPS) is 10.0. The summed E-state index contributed by atoms with van der Waals surface area (Å²) in [6.07, 6.45) is 0.404. The Morgan fingerprint density at radius 2 is 1.62 bits per heavy atom. The molecular formula is C16H15ClN2O2. The summed E-state index contributed by atoms with van der Waals surface area (Å²) in [5, 5.41) is 6.10. The molecule has 0 aromatic heterocycles. The van der Waals surface area contributed by atoms with Gasteiger partial charge in [0.2, 0.25) is 5.91 Å².